The van der Waals surface area contributed by atoms with Crippen molar-refractivity contribution in [3.63, 3.8) is 0 Å². The van der Waals surface area contributed by atoms with Gasteiger partial charge in [-0.3, -0.25) is 0 Å². The maximum atomic E-state index is 5.24. The molecule has 0 heterocycles. The maximum Gasteiger partial charge on any atom is 0.119 e. The Bertz CT molecular complexity index is 342. The SMILES string of the molecule is C/C(=N\OCC(C)C)c1cccc(C)c1. The van der Waals surface area contributed by atoms with Crippen molar-refractivity contribution in [1.82, 2.24) is 0 Å². The molecular formula is C13H19NO. The Hall–Kier alpha value is -1.31. The summed E-state index contributed by atoms with van der Waals surface area (Å²) in [5.74, 6) is 0.513. The molecule has 82 valence electrons. The lowest BCUT2D eigenvalue weighted by Crippen LogP contribution is -2.01. The fourth-order valence-electron chi connectivity index (χ4n) is 1.21. The minimum atomic E-state index is 0.513. The van der Waals surface area contributed by atoms with Crippen LogP contribution in [0, 0.1) is 12.8 Å². The molecule has 2 nitrogen and oxygen atoms in total. The zero-order valence-corrected chi connectivity index (χ0v) is 9.95. The van der Waals surface area contributed by atoms with Gasteiger partial charge in [0.05, 0.1) is 5.71 Å². The van der Waals surface area contributed by atoms with Crippen molar-refractivity contribution in [2.24, 2.45) is 11.1 Å². The largest absolute Gasteiger partial charge is 0.395 e. The molecule has 0 aliphatic heterocycles. The molecule has 2 heteroatoms. The average Bonchev–Trinajstić information content (AvgIpc) is 2.17. The van der Waals surface area contributed by atoms with Gasteiger partial charge in [-0.2, -0.15) is 0 Å². The molecule has 0 aliphatic carbocycles. The van der Waals surface area contributed by atoms with E-state index in [1.807, 2.05) is 19.1 Å². The third kappa shape index (κ3) is 4.15. The van der Waals surface area contributed by atoms with Gasteiger partial charge in [-0.25, -0.2) is 0 Å². The molecule has 0 amide bonds. The summed E-state index contributed by atoms with van der Waals surface area (Å²) in [5, 5.41) is 4.09. The quantitative estimate of drug-likeness (QED) is 0.545. The van der Waals surface area contributed by atoms with Crippen LogP contribution in [0.5, 0.6) is 0 Å². The van der Waals surface area contributed by atoms with Gasteiger partial charge in [0.1, 0.15) is 6.61 Å². The molecular weight excluding hydrogens is 186 g/mol. The first-order valence-electron chi connectivity index (χ1n) is 5.33. The Morgan fingerprint density at radius 3 is 2.73 bits per heavy atom. The van der Waals surface area contributed by atoms with Crippen molar-refractivity contribution in [2.45, 2.75) is 27.7 Å². The first-order chi connectivity index (χ1) is 7.09. The van der Waals surface area contributed by atoms with E-state index in [9.17, 15) is 0 Å². The highest BCUT2D eigenvalue weighted by atomic mass is 16.6. The molecule has 0 unspecified atom stereocenters. The van der Waals surface area contributed by atoms with Crippen molar-refractivity contribution < 1.29 is 4.84 Å². The van der Waals surface area contributed by atoms with Crippen molar-refractivity contribution in [2.75, 3.05) is 6.61 Å². The van der Waals surface area contributed by atoms with E-state index in [0.29, 0.717) is 12.5 Å². The molecule has 0 N–H and O–H groups in total. The zero-order chi connectivity index (χ0) is 11.3. The van der Waals surface area contributed by atoms with Crippen LogP contribution in [0.3, 0.4) is 0 Å². The lowest BCUT2D eigenvalue weighted by molar-refractivity contribution is 0.118. The minimum absolute atomic E-state index is 0.513. The zero-order valence-electron chi connectivity index (χ0n) is 9.95. The summed E-state index contributed by atoms with van der Waals surface area (Å²) in [4.78, 5) is 5.24. The Kier molecular flexibility index (Phi) is 4.35. The van der Waals surface area contributed by atoms with Crippen LogP contribution in [0.15, 0.2) is 29.4 Å². The van der Waals surface area contributed by atoms with E-state index >= 15 is 0 Å². The lowest BCUT2D eigenvalue weighted by atomic mass is 10.1. The number of aryl methyl sites for hydroxylation is 1. The molecule has 0 radical (unpaired) electrons. The number of benzene rings is 1. The molecule has 15 heavy (non-hydrogen) atoms. The third-order valence-corrected chi connectivity index (χ3v) is 2.05. The van der Waals surface area contributed by atoms with Crippen LogP contribution in [0.1, 0.15) is 31.9 Å². The first kappa shape index (κ1) is 11.8. The van der Waals surface area contributed by atoms with Gasteiger partial charge in [-0.05, 0) is 25.3 Å². The van der Waals surface area contributed by atoms with Crippen LogP contribution < -0.4 is 0 Å². The number of rotatable bonds is 4. The number of nitrogens with zero attached hydrogens (tertiary/aromatic N) is 1. The molecule has 1 aromatic carbocycles. The summed E-state index contributed by atoms with van der Waals surface area (Å²) in [6.45, 7) is 8.93. The van der Waals surface area contributed by atoms with E-state index < -0.39 is 0 Å². The Morgan fingerprint density at radius 1 is 1.40 bits per heavy atom. The standard InChI is InChI=1S/C13H19NO/c1-10(2)9-15-14-12(4)13-7-5-6-11(3)8-13/h5-8,10H,9H2,1-4H3/b14-12+. The van der Waals surface area contributed by atoms with Crippen LogP contribution in [0.4, 0.5) is 0 Å². The van der Waals surface area contributed by atoms with E-state index in [4.69, 9.17) is 4.84 Å². The van der Waals surface area contributed by atoms with Crippen LogP contribution >= 0.6 is 0 Å². The summed E-state index contributed by atoms with van der Waals surface area (Å²) >= 11 is 0. The monoisotopic (exact) mass is 205 g/mol. The van der Waals surface area contributed by atoms with Crippen molar-refractivity contribution in [3.05, 3.63) is 35.4 Å². The fourth-order valence-corrected chi connectivity index (χ4v) is 1.21. The second kappa shape index (κ2) is 5.54. The first-order valence-corrected chi connectivity index (χ1v) is 5.33. The summed E-state index contributed by atoms with van der Waals surface area (Å²) in [7, 11) is 0. The van der Waals surface area contributed by atoms with Gasteiger partial charge in [0.25, 0.3) is 0 Å². The summed E-state index contributed by atoms with van der Waals surface area (Å²) in [5.41, 5.74) is 3.30. The van der Waals surface area contributed by atoms with Crippen molar-refractivity contribution >= 4 is 5.71 Å². The van der Waals surface area contributed by atoms with E-state index in [-0.39, 0.29) is 0 Å². The van der Waals surface area contributed by atoms with Crippen LogP contribution in [0.2, 0.25) is 0 Å². The molecule has 0 bridgehead atoms. The van der Waals surface area contributed by atoms with E-state index in [0.717, 1.165) is 11.3 Å². The summed E-state index contributed by atoms with van der Waals surface area (Å²) in [6.07, 6.45) is 0. The molecule has 0 aromatic heterocycles. The minimum Gasteiger partial charge on any atom is -0.395 e. The second-order valence-corrected chi connectivity index (χ2v) is 4.24. The van der Waals surface area contributed by atoms with Crippen LogP contribution in [0.25, 0.3) is 0 Å². The molecule has 1 rings (SSSR count). The molecule has 0 aliphatic rings. The fraction of sp³-hybridized carbons (Fsp3) is 0.462. The van der Waals surface area contributed by atoms with Gasteiger partial charge < -0.3 is 4.84 Å². The van der Waals surface area contributed by atoms with Gasteiger partial charge in [0.2, 0.25) is 0 Å². The highest BCUT2D eigenvalue weighted by Crippen LogP contribution is 2.06. The Morgan fingerprint density at radius 2 is 2.13 bits per heavy atom. The molecule has 0 fully saturated rings. The Balaban J connectivity index is 2.63. The van der Waals surface area contributed by atoms with Gasteiger partial charge in [-0.1, -0.05) is 48.8 Å². The second-order valence-electron chi connectivity index (χ2n) is 4.24. The van der Waals surface area contributed by atoms with E-state index in [2.05, 4.69) is 38.1 Å². The summed E-state index contributed by atoms with van der Waals surface area (Å²) in [6, 6.07) is 8.26. The highest BCUT2D eigenvalue weighted by Gasteiger charge is 1.98. The number of hydrogen-bond donors (Lipinski definition) is 0. The molecule has 0 atom stereocenters. The summed E-state index contributed by atoms with van der Waals surface area (Å²) < 4.78 is 0. The van der Waals surface area contributed by atoms with Crippen LogP contribution in [-0.2, 0) is 4.84 Å². The maximum absolute atomic E-state index is 5.24. The van der Waals surface area contributed by atoms with Gasteiger partial charge >= 0.3 is 0 Å². The molecule has 1 aromatic rings. The predicted molar refractivity (Wildman–Crippen MR) is 64.2 cm³/mol. The highest BCUT2D eigenvalue weighted by molar-refractivity contribution is 5.98. The van der Waals surface area contributed by atoms with E-state index in [1.165, 1.54) is 5.56 Å². The molecule has 0 saturated heterocycles. The van der Waals surface area contributed by atoms with E-state index in [1.54, 1.807) is 0 Å². The van der Waals surface area contributed by atoms with Crippen molar-refractivity contribution in [3.8, 4) is 0 Å². The molecule has 0 saturated carbocycles. The van der Waals surface area contributed by atoms with Crippen molar-refractivity contribution in [1.29, 1.82) is 0 Å². The Labute approximate surface area is 91.9 Å². The average molecular weight is 205 g/mol. The number of hydrogen-bond acceptors (Lipinski definition) is 2. The topological polar surface area (TPSA) is 21.6 Å². The third-order valence-electron chi connectivity index (χ3n) is 2.05. The number of oxime groups is 1. The van der Waals surface area contributed by atoms with Gasteiger partial charge in [0.15, 0.2) is 0 Å². The van der Waals surface area contributed by atoms with Gasteiger partial charge in [0, 0.05) is 0 Å². The molecule has 0 spiro atoms. The van der Waals surface area contributed by atoms with Gasteiger partial charge in [-0.15, -0.1) is 0 Å². The van der Waals surface area contributed by atoms with Crippen LogP contribution in [-0.4, -0.2) is 12.3 Å². The lowest BCUT2D eigenvalue weighted by Gasteiger charge is -2.05. The smallest absolute Gasteiger partial charge is 0.119 e. The normalized spacial score (nSPS) is 11.9. The predicted octanol–water partition coefficient (Wildman–Crippen LogP) is 3.39.